The van der Waals surface area contributed by atoms with E-state index in [1.54, 1.807) is 13.8 Å². The van der Waals surface area contributed by atoms with Gasteiger partial charge in [0, 0.05) is 18.9 Å². The third-order valence-corrected chi connectivity index (χ3v) is 3.44. The maximum Gasteiger partial charge on any atom is 0.289 e. The summed E-state index contributed by atoms with van der Waals surface area (Å²) in [5, 5.41) is 3.00. The molecular weight excluding hydrogens is 240 g/mol. The van der Waals surface area contributed by atoms with Crippen LogP contribution in [0.5, 0.6) is 0 Å². The van der Waals surface area contributed by atoms with E-state index in [0.717, 1.165) is 6.42 Å². The molecular formula is C15H16N2O2. The van der Waals surface area contributed by atoms with Crippen molar-refractivity contribution >= 4 is 5.91 Å². The number of aryl methyl sites for hydroxylation is 2. The first-order valence-electron chi connectivity index (χ1n) is 6.45. The number of nitrogens with zero attached hydrogens (tertiary/aromatic N) is 1. The average Bonchev–Trinajstić information content (AvgIpc) is 3.07. The highest BCUT2D eigenvalue weighted by molar-refractivity contribution is 5.92. The zero-order chi connectivity index (χ0) is 13.4. The molecule has 1 amide bonds. The Morgan fingerprint density at radius 1 is 1.32 bits per heavy atom. The minimum Gasteiger partial charge on any atom is -0.436 e. The molecule has 2 atom stereocenters. The van der Waals surface area contributed by atoms with Crippen molar-refractivity contribution in [2.45, 2.75) is 32.2 Å². The molecule has 3 rings (SSSR count). The maximum atomic E-state index is 12.1. The summed E-state index contributed by atoms with van der Waals surface area (Å²) < 4.78 is 5.32. The Kier molecular flexibility index (Phi) is 2.85. The summed E-state index contributed by atoms with van der Waals surface area (Å²) in [5.74, 6) is 1.12. The molecule has 1 aliphatic rings. The second-order valence-corrected chi connectivity index (χ2v) is 4.98. The van der Waals surface area contributed by atoms with Crippen LogP contribution in [0, 0.1) is 13.8 Å². The third kappa shape index (κ3) is 2.38. The van der Waals surface area contributed by atoms with Gasteiger partial charge in [0.25, 0.3) is 5.91 Å². The average molecular weight is 256 g/mol. The zero-order valence-electron chi connectivity index (χ0n) is 11.0. The largest absolute Gasteiger partial charge is 0.436 e. The number of carbonyl (C=O) groups excluding carboxylic acids is 1. The summed E-state index contributed by atoms with van der Waals surface area (Å²) in [4.78, 5) is 16.2. The van der Waals surface area contributed by atoms with Crippen LogP contribution in [0.1, 0.15) is 40.0 Å². The summed E-state index contributed by atoms with van der Waals surface area (Å²) >= 11 is 0. The molecule has 98 valence electrons. The number of rotatable bonds is 3. The zero-order valence-corrected chi connectivity index (χ0v) is 11.0. The molecule has 1 aliphatic carbocycles. The fourth-order valence-electron chi connectivity index (χ4n) is 2.40. The van der Waals surface area contributed by atoms with Gasteiger partial charge in [-0.3, -0.25) is 4.79 Å². The molecule has 1 N–H and O–H groups in total. The van der Waals surface area contributed by atoms with Crippen molar-refractivity contribution in [1.82, 2.24) is 10.3 Å². The molecule has 0 saturated heterocycles. The van der Waals surface area contributed by atoms with E-state index in [1.165, 1.54) is 5.56 Å². The van der Waals surface area contributed by atoms with E-state index in [4.69, 9.17) is 4.42 Å². The highest BCUT2D eigenvalue weighted by Crippen LogP contribution is 2.40. The van der Waals surface area contributed by atoms with Gasteiger partial charge in [0.15, 0.2) is 5.89 Å². The fraction of sp³-hybridized carbons (Fsp3) is 0.333. The highest BCUT2D eigenvalue weighted by Gasteiger charge is 2.40. The molecule has 1 aromatic heterocycles. The molecule has 1 fully saturated rings. The Morgan fingerprint density at radius 3 is 2.68 bits per heavy atom. The van der Waals surface area contributed by atoms with Crippen molar-refractivity contribution in [3.63, 3.8) is 0 Å². The number of hydrogen-bond donors (Lipinski definition) is 1. The van der Waals surface area contributed by atoms with E-state index in [1.807, 2.05) is 18.2 Å². The van der Waals surface area contributed by atoms with E-state index in [2.05, 4.69) is 22.4 Å². The van der Waals surface area contributed by atoms with Crippen LogP contribution in [0.25, 0.3) is 0 Å². The molecule has 1 saturated carbocycles. The number of hydrogen-bond acceptors (Lipinski definition) is 3. The van der Waals surface area contributed by atoms with Crippen LogP contribution in [0.3, 0.4) is 0 Å². The minimum atomic E-state index is -0.165. The van der Waals surface area contributed by atoms with Gasteiger partial charge < -0.3 is 9.73 Å². The second-order valence-electron chi connectivity index (χ2n) is 4.98. The first kappa shape index (κ1) is 12.0. The van der Waals surface area contributed by atoms with Gasteiger partial charge in [0.2, 0.25) is 5.76 Å². The first-order valence-corrected chi connectivity index (χ1v) is 6.45. The summed E-state index contributed by atoms with van der Waals surface area (Å²) in [6, 6.07) is 10.5. The van der Waals surface area contributed by atoms with Crippen LogP contribution in [0.4, 0.5) is 0 Å². The van der Waals surface area contributed by atoms with Crippen LogP contribution in [0.2, 0.25) is 0 Å². The van der Waals surface area contributed by atoms with Crippen molar-refractivity contribution in [3.8, 4) is 0 Å². The standard InChI is InChI=1S/C15H16N2O2/c1-9-14(19-10(2)16-9)15(18)17-13-8-12(13)11-6-4-3-5-7-11/h3-7,12-13H,8H2,1-2H3,(H,17,18)/t12-,13+/m1/s1. The lowest BCUT2D eigenvalue weighted by Crippen LogP contribution is -2.26. The predicted octanol–water partition coefficient (Wildman–Crippen LogP) is 2.58. The molecule has 4 heteroatoms. The number of oxazole rings is 1. The fourth-order valence-corrected chi connectivity index (χ4v) is 2.40. The predicted molar refractivity (Wildman–Crippen MR) is 71.0 cm³/mol. The first-order chi connectivity index (χ1) is 9.15. The highest BCUT2D eigenvalue weighted by atomic mass is 16.4. The molecule has 0 aliphatic heterocycles. The molecule has 0 bridgehead atoms. The van der Waals surface area contributed by atoms with Crippen LogP contribution in [0.15, 0.2) is 34.7 Å². The Hall–Kier alpha value is -2.10. The van der Waals surface area contributed by atoms with Crippen LogP contribution >= 0.6 is 0 Å². The normalized spacial score (nSPS) is 21.2. The molecule has 0 radical (unpaired) electrons. The molecule has 1 aromatic carbocycles. The Balaban J connectivity index is 1.65. The van der Waals surface area contributed by atoms with Crippen molar-refractivity contribution in [2.75, 3.05) is 0 Å². The summed E-state index contributed by atoms with van der Waals surface area (Å²) in [5.41, 5.74) is 1.92. The molecule has 1 heterocycles. The lowest BCUT2D eigenvalue weighted by atomic mass is 10.1. The Bertz CT molecular complexity index is 604. The lowest BCUT2D eigenvalue weighted by molar-refractivity contribution is 0.0920. The second kappa shape index (κ2) is 4.53. The van der Waals surface area contributed by atoms with Gasteiger partial charge in [-0.2, -0.15) is 0 Å². The number of nitrogens with one attached hydrogen (secondary N) is 1. The smallest absolute Gasteiger partial charge is 0.289 e. The number of carbonyl (C=O) groups is 1. The van der Waals surface area contributed by atoms with Gasteiger partial charge >= 0.3 is 0 Å². The van der Waals surface area contributed by atoms with E-state index in [-0.39, 0.29) is 11.9 Å². The van der Waals surface area contributed by atoms with Crippen molar-refractivity contribution in [1.29, 1.82) is 0 Å². The summed E-state index contributed by atoms with van der Waals surface area (Å²) in [6.07, 6.45) is 0.988. The van der Waals surface area contributed by atoms with Gasteiger partial charge in [-0.15, -0.1) is 0 Å². The van der Waals surface area contributed by atoms with Gasteiger partial charge in [0.1, 0.15) is 0 Å². The van der Waals surface area contributed by atoms with Crippen molar-refractivity contribution in [2.24, 2.45) is 0 Å². The van der Waals surface area contributed by atoms with Crippen molar-refractivity contribution < 1.29 is 9.21 Å². The molecule has 0 spiro atoms. The van der Waals surface area contributed by atoms with Crippen LogP contribution < -0.4 is 5.32 Å². The molecule has 2 aromatic rings. The number of amides is 1. The number of benzene rings is 1. The molecule has 19 heavy (non-hydrogen) atoms. The number of aromatic nitrogens is 1. The lowest BCUT2D eigenvalue weighted by Gasteiger charge is -2.03. The third-order valence-electron chi connectivity index (χ3n) is 3.44. The van der Waals surface area contributed by atoms with Gasteiger partial charge in [-0.1, -0.05) is 30.3 Å². The molecule has 0 unspecified atom stereocenters. The maximum absolute atomic E-state index is 12.1. The SMILES string of the molecule is Cc1nc(C)c(C(=O)N[C@H]2C[C@@H]2c2ccccc2)o1. The topological polar surface area (TPSA) is 55.1 Å². The van der Waals surface area contributed by atoms with Crippen molar-refractivity contribution in [3.05, 3.63) is 53.2 Å². The van der Waals surface area contributed by atoms with Crippen LogP contribution in [-0.2, 0) is 0 Å². The van der Waals surface area contributed by atoms with E-state index in [9.17, 15) is 4.79 Å². The van der Waals surface area contributed by atoms with Gasteiger partial charge in [-0.05, 0) is 18.9 Å². The Morgan fingerprint density at radius 2 is 2.05 bits per heavy atom. The van der Waals surface area contributed by atoms with E-state index >= 15 is 0 Å². The van der Waals surface area contributed by atoms with E-state index in [0.29, 0.717) is 23.3 Å². The minimum absolute atomic E-state index is 0.165. The Labute approximate surface area is 111 Å². The van der Waals surface area contributed by atoms with E-state index < -0.39 is 0 Å². The quantitative estimate of drug-likeness (QED) is 0.918. The monoisotopic (exact) mass is 256 g/mol. The van der Waals surface area contributed by atoms with Crippen LogP contribution in [-0.4, -0.2) is 16.9 Å². The van der Waals surface area contributed by atoms with Gasteiger partial charge in [-0.25, -0.2) is 4.98 Å². The summed E-state index contributed by atoms with van der Waals surface area (Å²) in [7, 11) is 0. The molecule has 4 nitrogen and oxygen atoms in total. The van der Waals surface area contributed by atoms with Gasteiger partial charge in [0.05, 0.1) is 5.69 Å². The summed E-state index contributed by atoms with van der Waals surface area (Å²) in [6.45, 7) is 3.53.